The van der Waals surface area contributed by atoms with Gasteiger partial charge in [0.1, 0.15) is 0 Å². The lowest BCUT2D eigenvalue weighted by Gasteiger charge is -2.53. The molecule has 3 aliphatic rings. The van der Waals surface area contributed by atoms with Crippen LogP contribution in [0.3, 0.4) is 0 Å². The molecule has 3 aliphatic heterocycles. The highest BCUT2D eigenvalue weighted by Crippen LogP contribution is 2.38. The largest absolute Gasteiger partial charge is 0.381 e. The van der Waals surface area contributed by atoms with E-state index >= 15 is 0 Å². The molecule has 4 heterocycles. The fraction of sp³-hybridized carbons (Fsp3) is 0.850. The van der Waals surface area contributed by atoms with Crippen LogP contribution >= 0.6 is 0 Å². The van der Waals surface area contributed by atoms with Crippen molar-refractivity contribution in [2.75, 3.05) is 46.1 Å². The number of hydrogen-bond acceptors (Lipinski definition) is 5. The third-order valence-corrected chi connectivity index (χ3v) is 6.15. The van der Waals surface area contributed by atoms with E-state index in [0.29, 0.717) is 5.92 Å². The topological polar surface area (TPSA) is 48.8 Å². The Morgan fingerprint density at radius 2 is 2.00 bits per heavy atom. The van der Waals surface area contributed by atoms with E-state index < -0.39 is 0 Å². The van der Waals surface area contributed by atoms with Crippen molar-refractivity contribution in [3.05, 3.63) is 18.0 Å². The van der Waals surface area contributed by atoms with Gasteiger partial charge < -0.3 is 14.2 Å². The lowest BCUT2D eigenvalue weighted by Crippen LogP contribution is -2.64. The zero-order valence-corrected chi connectivity index (χ0v) is 16.1. The van der Waals surface area contributed by atoms with Crippen LogP contribution in [0, 0.1) is 11.8 Å². The average molecular weight is 364 g/mol. The summed E-state index contributed by atoms with van der Waals surface area (Å²) >= 11 is 0. The van der Waals surface area contributed by atoms with E-state index in [1.165, 1.54) is 24.8 Å². The van der Waals surface area contributed by atoms with E-state index in [1.807, 2.05) is 17.9 Å². The minimum Gasteiger partial charge on any atom is -0.381 e. The lowest BCUT2D eigenvalue weighted by molar-refractivity contribution is -0.182. The molecular weight excluding hydrogens is 330 g/mol. The molecule has 6 nitrogen and oxygen atoms in total. The SMILES string of the molecule is Cn1cc(CN2CC3(C[C@H](CCOCC4CCOCC4)CCO3)C2)cn1. The highest BCUT2D eigenvalue weighted by molar-refractivity contribution is 5.08. The standard InChI is InChI=1S/C20H33N3O3/c1-22-12-19(11-21-22)13-23-15-20(16-23)10-17(5-9-26-20)2-8-25-14-18-3-6-24-7-4-18/h11-12,17-18H,2-10,13-16H2,1H3/t17-/m1/s1. The summed E-state index contributed by atoms with van der Waals surface area (Å²) < 4.78 is 19.5. The smallest absolute Gasteiger partial charge is 0.0937 e. The van der Waals surface area contributed by atoms with Gasteiger partial charge in [-0.25, -0.2) is 0 Å². The first-order valence-electron chi connectivity index (χ1n) is 10.2. The molecule has 1 aromatic rings. The second-order valence-corrected chi connectivity index (χ2v) is 8.48. The van der Waals surface area contributed by atoms with Gasteiger partial charge >= 0.3 is 0 Å². The van der Waals surface area contributed by atoms with Gasteiger partial charge in [0.25, 0.3) is 0 Å². The Hall–Kier alpha value is -0.950. The van der Waals surface area contributed by atoms with Crippen molar-refractivity contribution in [2.24, 2.45) is 18.9 Å². The van der Waals surface area contributed by atoms with Crippen LogP contribution < -0.4 is 0 Å². The summed E-state index contributed by atoms with van der Waals surface area (Å²) in [7, 11) is 1.97. The van der Waals surface area contributed by atoms with Crippen molar-refractivity contribution in [1.29, 1.82) is 0 Å². The summed E-state index contributed by atoms with van der Waals surface area (Å²) in [5.74, 6) is 1.46. The van der Waals surface area contributed by atoms with Crippen molar-refractivity contribution in [2.45, 2.75) is 44.2 Å². The van der Waals surface area contributed by atoms with E-state index in [9.17, 15) is 0 Å². The monoisotopic (exact) mass is 363 g/mol. The molecule has 0 radical (unpaired) electrons. The van der Waals surface area contributed by atoms with E-state index in [4.69, 9.17) is 14.2 Å². The normalized spacial score (nSPS) is 26.9. The van der Waals surface area contributed by atoms with Crippen LogP contribution in [0.1, 0.15) is 37.7 Å². The van der Waals surface area contributed by atoms with Crippen LogP contribution in [0.4, 0.5) is 0 Å². The van der Waals surface area contributed by atoms with Crippen molar-refractivity contribution < 1.29 is 14.2 Å². The van der Waals surface area contributed by atoms with E-state index in [1.54, 1.807) is 0 Å². The fourth-order valence-corrected chi connectivity index (χ4v) is 4.70. The average Bonchev–Trinajstić information content (AvgIpc) is 3.04. The third-order valence-electron chi connectivity index (χ3n) is 6.15. The molecule has 0 aromatic carbocycles. The first-order chi connectivity index (χ1) is 12.7. The molecule has 3 fully saturated rings. The molecule has 0 bridgehead atoms. The van der Waals surface area contributed by atoms with Gasteiger partial charge in [0.15, 0.2) is 0 Å². The van der Waals surface area contributed by atoms with Crippen LogP contribution in [-0.2, 0) is 27.8 Å². The quantitative estimate of drug-likeness (QED) is 0.696. The molecule has 146 valence electrons. The summed E-state index contributed by atoms with van der Waals surface area (Å²) in [4.78, 5) is 2.47. The van der Waals surface area contributed by atoms with Crippen LogP contribution in [0.15, 0.2) is 12.4 Å². The fourth-order valence-electron chi connectivity index (χ4n) is 4.70. The second-order valence-electron chi connectivity index (χ2n) is 8.48. The van der Waals surface area contributed by atoms with Crippen LogP contribution in [0.2, 0.25) is 0 Å². The molecule has 0 unspecified atom stereocenters. The van der Waals surface area contributed by atoms with Gasteiger partial charge in [0, 0.05) is 71.5 Å². The number of rotatable bonds is 7. The van der Waals surface area contributed by atoms with Crippen molar-refractivity contribution in [3.8, 4) is 0 Å². The molecule has 6 heteroatoms. The first kappa shape index (κ1) is 18.4. The minimum absolute atomic E-state index is 0.103. The molecule has 4 rings (SSSR count). The number of likely N-dealkylation sites (tertiary alicyclic amines) is 1. The Bertz CT molecular complexity index is 564. The van der Waals surface area contributed by atoms with Gasteiger partial charge in [0.2, 0.25) is 0 Å². The Morgan fingerprint density at radius 1 is 1.19 bits per heavy atom. The lowest BCUT2D eigenvalue weighted by atomic mass is 9.79. The summed E-state index contributed by atoms with van der Waals surface area (Å²) in [6, 6.07) is 0. The van der Waals surface area contributed by atoms with Crippen molar-refractivity contribution in [1.82, 2.24) is 14.7 Å². The van der Waals surface area contributed by atoms with Gasteiger partial charge in [-0.15, -0.1) is 0 Å². The maximum absolute atomic E-state index is 6.19. The Labute approximate surface area is 156 Å². The van der Waals surface area contributed by atoms with Gasteiger partial charge in [-0.2, -0.15) is 5.10 Å². The van der Waals surface area contributed by atoms with E-state index in [0.717, 1.165) is 71.4 Å². The number of aryl methyl sites for hydroxylation is 1. The molecular formula is C20H33N3O3. The summed E-state index contributed by atoms with van der Waals surface area (Å²) in [5, 5.41) is 4.26. The number of hydrogen-bond donors (Lipinski definition) is 0. The third kappa shape index (κ3) is 4.66. The molecule has 0 N–H and O–H groups in total. The molecule has 1 spiro atoms. The molecule has 0 aliphatic carbocycles. The number of nitrogens with zero attached hydrogens (tertiary/aromatic N) is 3. The Kier molecular flexibility index (Phi) is 5.93. The Balaban J connectivity index is 1.14. The van der Waals surface area contributed by atoms with E-state index in [2.05, 4.69) is 16.2 Å². The summed E-state index contributed by atoms with van der Waals surface area (Å²) in [6.45, 7) is 7.64. The highest BCUT2D eigenvalue weighted by Gasteiger charge is 2.47. The zero-order valence-electron chi connectivity index (χ0n) is 16.1. The molecule has 0 amide bonds. The van der Waals surface area contributed by atoms with Gasteiger partial charge in [0.05, 0.1) is 11.8 Å². The van der Waals surface area contributed by atoms with Crippen LogP contribution in [0.5, 0.6) is 0 Å². The molecule has 26 heavy (non-hydrogen) atoms. The maximum atomic E-state index is 6.19. The molecule has 0 saturated carbocycles. The van der Waals surface area contributed by atoms with Gasteiger partial charge in [-0.1, -0.05) is 0 Å². The predicted octanol–water partition coefficient (Wildman–Crippen LogP) is 2.23. The molecule has 1 aromatic heterocycles. The summed E-state index contributed by atoms with van der Waals surface area (Å²) in [5.41, 5.74) is 1.39. The molecule has 1 atom stereocenters. The summed E-state index contributed by atoms with van der Waals surface area (Å²) in [6.07, 6.45) is 9.94. The number of ether oxygens (including phenoxy) is 3. The Morgan fingerprint density at radius 3 is 2.77 bits per heavy atom. The maximum Gasteiger partial charge on any atom is 0.0937 e. The van der Waals surface area contributed by atoms with E-state index in [-0.39, 0.29) is 5.60 Å². The first-order valence-corrected chi connectivity index (χ1v) is 10.2. The van der Waals surface area contributed by atoms with Gasteiger partial charge in [-0.3, -0.25) is 9.58 Å². The minimum atomic E-state index is 0.103. The van der Waals surface area contributed by atoms with Crippen LogP contribution in [-0.4, -0.2) is 66.4 Å². The van der Waals surface area contributed by atoms with Crippen molar-refractivity contribution >= 4 is 0 Å². The molecule has 3 saturated heterocycles. The zero-order chi connectivity index (χ0) is 17.8. The second kappa shape index (κ2) is 8.38. The van der Waals surface area contributed by atoms with Gasteiger partial charge in [-0.05, 0) is 43.9 Å². The van der Waals surface area contributed by atoms with Crippen LogP contribution in [0.25, 0.3) is 0 Å². The number of aromatic nitrogens is 2. The highest BCUT2D eigenvalue weighted by atomic mass is 16.5. The predicted molar refractivity (Wildman–Crippen MR) is 98.9 cm³/mol. The van der Waals surface area contributed by atoms with Crippen molar-refractivity contribution in [3.63, 3.8) is 0 Å².